The Hall–Kier alpha value is -3.53. The van der Waals surface area contributed by atoms with Gasteiger partial charge >= 0.3 is 0 Å². The largest absolute Gasteiger partial charge is 0.467 e. The van der Waals surface area contributed by atoms with E-state index in [1.165, 1.54) is 13.1 Å². The van der Waals surface area contributed by atoms with Gasteiger partial charge < -0.3 is 20.4 Å². The zero-order valence-corrected chi connectivity index (χ0v) is 13.0. The van der Waals surface area contributed by atoms with E-state index in [0.717, 1.165) is 0 Å². The second-order valence-electron chi connectivity index (χ2n) is 4.84. The van der Waals surface area contributed by atoms with E-state index < -0.39 is 5.91 Å². The van der Waals surface area contributed by atoms with Gasteiger partial charge in [-0.2, -0.15) is 5.26 Å². The summed E-state index contributed by atoms with van der Waals surface area (Å²) in [5, 5.41) is 17.2. The first kappa shape index (κ1) is 16.8. The molecule has 24 heavy (non-hydrogen) atoms. The fourth-order valence-electron chi connectivity index (χ4n) is 1.85. The fraction of sp³-hybridized carbons (Fsp3) is 0.118. The monoisotopic (exact) mass is 324 g/mol. The van der Waals surface area contributed by atoms with Crippen molar-refractivity contribution < 1.29 is 14.0 Å². The van der Waals surface area contributed by atoms with Crippen molar-refractivity contribution in [2.75, 3.05) is 10.6 Å². The summed E-state index contributed by atoms with van der Waals surface area (Å²) in [5.74, 6) is -0.0154. The minimum Gasteiger partial charge on any atom is -0.467 e. The number of nitrogens with one attached hydrogen (secondary N) is 3. The molecule has 1 aromatic heterocycles. The van der Waals surface area contributed by atoms with Crippen LogP contribution in [0.5, 0.6) is 0 Å². The molecule has 1 heterocycles. The molecule has 0 spiro atoms. The molecule has 3 N–H and O–H groups in total. The number of furan rings is 1. The Morgan fingerprint density at radius 2 is 1.83 bits per heavy atom. The van der Waals surface area contributed by atoms with E-state index in [4.69, 9.17) is 9.68 Å². The van der Waals surface area contributed by atoms with E-state index in [2.05, 4.69) is 16.0 Å². The summed E-state index contributed by atoms with van der Waals surface area (Å²) in [6, 6.07) is 11.9. The predicted molar refractivity (Wildman–Crippen MR) is 88.6 cm³/mol. The van der Waals surface area contributed by atoms with Gasteiger partial charge in [0.2, 0.25) is 5.91 Å². The number of hydrogen-bond acceptors (Lipinski definition) is 5. The molecular formula is C17H16N4O3. The summed E-state index contributed by atoms with van der Waals surface area (Å²) in [7, 11) is 0. The average molecular weight is 324 g/mol. The van der Waals surface area contributed by atoms with E-state index in [0.29, 0.717) is 23.7 Å². The summed E-state index contributed by atoms with van der Waals surface area (Å²) in [6.07, 6.45) is 2.88. The highest BCUT2D eigenvalue weighted by atomic mass is 16.3. The maximum atomic E-state index is 12.1. The van der Waals surface area contributed by atoms with Crippen LogP contribution in [0.3, 0.4) is 0 Å². The van der Waals surface area contributed by atoms with E-state index in [9.17, 15) is 9.59 Å². The van der Waals surface area contributed by atoms with Crippen molar-refractivity contribution in [2.24, 2.45) is 0 Å². The molecule has 0 aliphatic carbocycles. The Balaban J connectivity index is 1.93. The zero-order chi connectivity index (χ0) is 17.4. The third-order valence-electron chi connectivity index (χ3n) is 2.93. The molecule has 0 saturated heterocycles. The third-order valence-corrected chi connectivity index (χ3v) is 2.93. The standard InChI is InChI=1S/C17H16N4O3/c1-12(22)20-14-4-6-15(7-5-14)21-17(23)13(9-18)10-19-11-16-3-2-8-24-16/h2-8,10,19H,11H2,1H3,(H,20,22)(H,21,23)/b13-10-. The van der Waals surface area contributed by atoms with E-state index >= 15 is 0 Å². The van der Waals surface area contributed by atoms with E-state index in [-0.39, 0.29) is 11.5 Å². The number of carbonyl (C=O) groups excluding carboxylic acids is 2. The van der Waals surface area contributed by atoms with Crippen LogP contribution in [0.15, 0.2) is 58.9 Å². The van der Waals surface area contributed by atoms with Crippen LogP contribution in [-0.4, -0.2) is 11.8 Å². The summed E-state index contributed by atoms with van der Waals surface area (Å²) in [4.78, 5) is 23.0. The number of carbonyl (C=O) groups is 2. The van der Waals surface area contributed by atoms with Gasteiger partial charge in [-0.3, -0.25) is 9.59 Å². The number of nitrogens with zero attached hydrogens (tertiary/aromatic N) is 1. The van der Waals surface area contributed by atoms with Crippen molar-refractivity contribution in [2.45, 2.75) is 13.5 Å². The average Bonchev–Trinajstić information content (AvgIpc) is 3.06. The Morgan fingerprint density at radius 3 is 2.38 bits per heavy atom. The van der Waals surface area contributed by atoms with E-state index in [1.807, 2.05) is 6.07 Å². The summed E-state index contributed by atoms with van der Waals surface area (Å²) in [6.45, 7) is 1.78. The Bertz CT molecular complexity index is 771. The van der Waals surface area contributed by atoms with Gasteiger partial charge in [-0.05, 0) is 36.4 Å². The number of amides is 2. The second kappa shape index (κ2) is 8.19. The lowest BCUT2D eigenvalue weighted by molar-refractivity contribution is -0.114. The molecule has 0 fully saturated rings. The van der Waals surface area contributed by atoms with Crippen LogP contribution < -0.4 is 16.0 Å². The van der Waals surface area contributed by atoms with Gasteiger partial charge in [-0.25, -0.2) is 0 Å². The smallest absolute Gasteiger partial charge is 0.267 e. The molecule has 122 valence electrons. The van der Waals surface area contributed by atoms with Crippen LogP contribution in [0.2, 0.25) is 0 Å². The highest BCUT2D eigenvalue weighted by Gasteiger charge is 2.09. The van der Waals surface area contributed by atoms with Gasteiger partial charge in [0.15, 0.2) is 0 Å². The van der Waals surface area contributed by atoms with Gasteiger partial charge in [0, 0.05) is 24.5 Å². The highest BCUT2D eigenvalue weighted by Crippen LogP contribution is 2.14. The van der Waals surface area contributed by atoms with Gasteiger partial charge in [-0.1, -0.05) is 0 Å². The van der Waals surface area contributed by atoms with Crippen molar-refractivity contribution in [1.29, 1.82) is 5.26 Å². The first-order valence-corrected chi connectivity index (χ1v) is 7.13. The minimum atomic E-state index is -0.531. The van der Waals surface area contributed by atoms with Crippen LogP contribution in [0.1, 0.15) is 12.7 Å². The van der Waals surface area contributed by atoms with Crippen LogP contribution in [0, 0.1) is 11.3 Å². The van der Waals surface area contributed by atoms with E-state index in [1.54, 1.807) is 42.7 Å². The molecule has 0 aliphatic heterocycles. The Kier molecular flexibility index (Phi) is 5.75. The molecule has 0 unspecified atom stereocenters. The predicted octanol–water partition coefficient (Wildman–Crippen LogP) is 2.37. The molecule has 2 amide bonds. The van der Waals surface area contributed by atoms with Gasteiger partial charge in [-0.15, -0.1) is 0 Å². The summed E-state index contributed by atoms with van der Waals surface area (Å²) >= 11 is 0. The first-order valence-electron chi connectivity index (χ1n) is 7.13. The number of hydrogen-bond donors (Lipinski definition) is 3. The molecule has 0 saturated carbocycles. The van der Waals surface area contributed by atoms with Crippen molar-refractivity contribution >= 4 is 23.2 Å². The molecule has 7 nitrogen and oxygen atoms in total. The number of benzene rings is 1. The summed E-state index contributed by atoms with van der Waals surface area (Å²) in [5.41, 5.74) is 1.07. The van der Waals surface area contributed by atoms with Crippen LogP contribution in [0.4, 0.5) is 11.4 Å². The maximum Gasteiger partial charge on any atom is 0.267 e. The molecule has 0 atom stereocenters. The SMILES string of the molecule is CC(=O)Nc1ccc(NC(=O)/C(C#N)=C\NCc2ccco2)cc1. The lowest BCUT2D eigenvalue weighted by Crippen LogP contribution is -2.16. The second-order valence-corrected chi connectivity index (χ2v) is 4.84. The summed E-state index contributed by atoms with van der Waals surface area (Å²) < 4.78 is 5.14. The molecule has 0 bridgehead atoms. The Morgan fingerprint density at radius 1 is 1.17 bits per heavy atom. The van der Waals surface area contributed by atoms with Crippen LogP contribution in [0.25, 0.3) is 0 Å². The quantitative estimate of drug-likeness (QED) is 0.558. The first-order chi connectivity index (χ1) is 11.6. The topological polar surface area (TPSA) is 107 Å². The molecule has 2 aromatic rings. The minimum absolute atomic E-state index is 0.0625. The number of nitriles is 1. The normalized spacial score (nSPS) is 10.6. The van der Waals surface area contributed by atoms with Crippen LogP contribution in [-0.2, 0) is 16.1 Å². The molecular weight excluding hydrogens is 308 g/mol. The van der Waals surface area contributed by atoms with Crippen LogP contribution >= 0.6 is 0 Å². The van der Waals surface area contributed by atoms with Crippen molar-refractivity contribution in [3.63, 3.8) is 0 Å². The van der Waals surface area contributed by atoms with Crippen molar-refractivity contribution in [3.8, 4) is 6.07 Å². The van der Waals surface area contributed by atoms with Gasteiger partial charge in [0.1, 0.15) is 17.4 Å². The Labute approximate surface area is 139 Å². The maximum absolute atomic E-state index is 12.1. The molecule has 0 radical (unpaired) electrons. The molecule has 2 rings (SSSR count). The number of anilines is 2. The molecule has 7 heteroatoms. The zero-order valence-electron chi connectivity index (χ0n) is 13.0. The van der Waals surface area contributed by atoms with Crippen molar-refractivity contribution in [1.82, 2.24) is 5.32 Å². The molecule has 0 aliphatic rings. The third kappa shape index (κ3) is 5.03. The fourth-order valence-corrected chi connectivity index (χ4v) is 1.85. The lowest BCUT2D eigenvalue weighted by atomic mass is 10.2. The van der Waals surface area contributed by atoms with Crippen molar-refractivity contribution in [3.05, 3.63) is 60.2 Å². The lowest BCUT2D eigenvalue weighted by Gasteiger charge is -2.06. The number of rotatable bonds is 6. The molecule has 1 aromatic carbocycles. The van der Waals surface area contributed by atoms with Gasteiger partial charge in [0.05, 0.1) is 12.8 Å². The van der Waals surface area contributed by atoms with Gasteiger partial charge in [0.25, 0.3) is 5.91 Å². The highest BCUT2D eigenvalue weighted by molar-refractivity contribution is 6.06.